The van der Waals surface area contributed by atoms with Crippen molar-refractivity contribution in [3.63, 3.8) is 0 Å². The SMILES string of the molecule is O=S(=O)(Nc1ccc(Cl)c(Cl)c1)N1CCc2ccccc21. The normalized spacial score (nSPS) is 14.1. The molecule has 2 aromatic rings. The lowest BCUT2D eigenvalue weighted by molar-refractivity contribution is 0.597. The van der Waals surface area contributed by atoms with Gasteiger partial charge in [-0.2, -0.15) is 8.42 Å². The van der Waals surface area contributed by atoms with Crippen LogP contribution in [0.1, 0.15) is 5.56 Å². The smallest absolute Gasteiger partial charge is 0.267 e. The molecule has 7 heteroatoms. The molecule has 4 nitrogen and oxygen atoms in total. The maximum atomic E-state index is 12.5. The summed E-state index contributed by atoms with van der Waals surface area (Å²) in [6.45, 7) is 0.427. The average molecular weight is 343 g/mol. The van der Waals surface area contributed by atoms with Crippen molar-refractivity contribution in [2.75, 3.05) is 15.6 Å². The third-order valence-electron chi connectivity index (χ3n) is 3.30. The number of halogens is 2. The topological polar surface area (TPSA) is 49.4 Å². The summed E-state index contributed by atoms with van der Waals surface area (Å²) in [6, 6.07) is 12.1. The highest BCUT2D eigenvalue weighted by molar-refractivity contribution is 7.94. The number of hydrogen-bond donors (Lipinski definition) is 1. The van der Waals surface area contributed by atoms with Gasteiger partial charge in [-0.1, -0.05) is 41.4 Å². The molecule has 0 fully saturated rings. The van der Waals surface area contributed by atoms with Gasteiger partial charge in [0.1, 0.15) is 0 Å². The van der Waals surface area contributed by atoms with Gasteiger partial charge in [0.15, 0.2) is 0 Å². The second-order valence-electron chi connectivity index (χ2n) is 4.69. The van der Waals surface area contributed by atoms with Gasteiger partial charge in [0.2, 0.25) is 0 Å². The average Bonchev–Trinajstić information content (AvgIpc) is 2.87. The summed E-state index contributed by atoms with van der Waals surface area (Å²) < 4.78 is 28.9. The number of rotatable bonds is 3. The Morgan fingerprint density at radius 3 is 2.57 bits per heavy atom. The fraction of sp³-hybridized carbons (Fsp3) is 0.143. The molecule has 1 aliphatic heterocycles. The Balaban J connectivity index is 1.90. The highest BCUT2D eigenvalue weighted by Crippen LogP contribution is 2.31. The number of nitrogens with one attached hydrogen (secondary N) is 1. The third-order valence-corrected chi connectivity index (χ3v) is 5.49. The second kappa shape index (κ2) is 5.40. The lowest BCUT2D eigenvalue weighted by Gasteiger charge is -2.20. The van der Waals surface area contributed by atoms with Crippen molar-refractivity contribution in [2.45, 2.75) is 6.42 Å². The number of benzene rings is 2. The minimum absolute atomic E-state index is 0.304. The number of hydrogen-bond acceptors (Lipinski definition) is 2. The quantitative estimate of drug-likeness (QED) is 0.924. The van der Waals surface area contributed by atoms with E-state index in [0.29, 0.717) is 34.4 Å². The largest absolute Gasteiger partial charge is 0.323 e. The first-order valence-corrected chi connectivity index (χ1v) is 8.50. The summed E-state index contributed by atoms with van der Waals surface area (Å²) in [6.07, 6.45) is 0.707. The van der Waals surface area contributed by atoms with E-state index in [4.69, 9.17) is 23.2 Å². The van der Waals surface area contributed by atoms with Crippen LogP contribution in [-0.2, 0) is 16.6 Å². The van der Waals surface area contributed by atoms with Crippen molar-refractivity contribution in [3.05, 3.63) is 58.1 Å². The Bertz CT molecular complexity index is 793. The van der Waals surface area contributed by atoms with Gasteiger partial charge in [-0.25, -0.2) is 0 Å². The Hall–Kier alpha value is -1.43. The maximum absolute atomic E-state index is 12.5. The molecule has 0 spiro atoms. The lowest BCUT2D eigenvalue weighted by atomic mass is 10.2. The van der Waals surface area contributed by atoms with Gasteiger partial charge in [0, 0.05) is 6.54 Å². The van der Waals surface area contributed by atoms with Gasteiger partial charge in [0.05, 0.1) is 21.4 Å². The van der Waals surface area contributed by atoms with E-state index in [1.165, 1.54) is 10.4 Å². The van der Waals surface area contributed by atoms with Crippen molar-refractivity contribution < 1.29 is 8.42 Å². The molecule has 0 saturated carbocycles. The van der Waals surface area contributed by atoms with Crippen LogP contribution in [0, 0.1) is 0 Å². The van der Waals surface area contributed by atoms with Crippen LogP contribution in [-0.4, -0.2) is 15.0 Å². The van der Waals surface area contributed by atoms with E-state index in [1.54, 1.807) is 18.2 Å². The van der Waals surface area contributed by atoms with Gasteiger partial charge in [-0.15, -0.1) is 0 Å². The van der Waals surface area contributed by atoms with Crippen LogP contribution in [0.5, 0.6) is 0 Å². The van der Waals surface area contributed by atoms with Crippen LogP contribution >= 0.6 is 23.2 Å². The van der Waals surface area contributed by atoms with Crippen molar-refractivity contribution in [2.24, 2.45) is 0 Å². The summed E-state index contributed by atoms with van der Waals surface area (Å²) in [5.74, 6) is 0. The number of nitrogens with zero attached hydrogens (tertiary/aromatic N) is 1. The molecular weight excluding hydrogens is 331 g/mol. The van der Waals surface area contributed by atoms with Gasteiger partial charge in [-0.3, -0.25) is 9.03 Å². The molecule has 0 amide bonds. The minimum atomic E-state index is -3.67. The third kappa shape index (κ3) is 2.81. The van der Waals surface area contributed by atoms with Gasteiger partial charge in [-0.05, 0) is 36.2 Å². The van der Waals surface area contributed by atoms with Crippen LogP contribution in [0.15, 0.2) is 42.5 Å². The van der Waals surface area contributed by atoms with Crippen LogP contribution in [0.25, 0.3) is 0 Å². The molecule has 1 heterocycles. The van der Waals surface area contributed by atoms with E-state index < -0.39 is 10.2 Å². The van der Waals surface area contributed by atoms with Crippen LogP contribution in [0.3, 0.4) is 0 Å². The molecular formula is C14H12Cl2N2O2S. The van der Waals surface area contributed by atoms with Crippen LogP contribution < -0.4 is 9.03 Å². The Morgan fingerprint density at radius 1 is 1.05 bits per heavy atom. The maximum Gasteiger partial charge on any atom is 0.323 e. The Kier molecular flexibility index (Phi) is 3.73. The second-order valence-corrected chi connectivity index (χ2v) is 7.10. The Morgan fingerprint density at radius 2 is 1.81 bits per heavy atom. The highest BCUT2D eigenvalue weighted by atomic mass is 35.5. The highest BCUT2D eigenvalue weighted by Gasteiger charge is 2.29. The lowest BCUT2D eigenvalue weighted by Crippen LogP contribution is -2.34. The predicted molar refractivity (Wildman–Crippen MR) is 86.5 cm³/mol. The van der Waals surface area contributed by atoms with E-state index in [2.05, 4.69) is 4.72 Å². The monoisotopic (exact) mass is 342 g/mol. The molecule has 0 radical (unpaired) electrons. The molecule has 0 unspecified atom stereocenters. The van der Waals surface area contributed by atoms with Gasteiger partial charge >= 0.3 is 10.2 Å². The minimum Gasteiger partial charge on any atom is -0.267 e. The molecule has 3 rings (SSSR count). The fourth-order valence-electron chi connectivity index (χ4n) is 2.32. The summed E-state index contributed by atoms with van der Waals surface area (Å²) in [5.41, 5.74) is 2.12. The predicted octanol–water partition coefficient (Wildman–Crippen LogP) is 3.71. The number of para-hydroxylation sites is 1. The molecule has 0 bridgehead atoms. The molecule has 1 N–H and O–H groups in total. The molecule has 0 aromatic heterocycles. The zero-order valence-electron chi connectivity index (χ0n) is 10.9. The molecule has 21 heavy (non-hydrogen) atoms. The molecule has 1 aliphatic rings. The summed E-state index contributed by atoms with van der Waals surface area (Å²) in [4.78, 5) is 0. The van der Waals surface area contributed by atoms with E-state index in [-0.39, 0.29) is 0 Å². The number of anilines is 2. The fourth-order valence-corrected chi connectivity index (χ4v) is 3.92. The molecule has 110 valence electrons. The van der Waals surface area contributed by atoms with Crippen molar-refractivity contribution in [1.29, 1.82) is 0 Å². The van der Waals surface area contributed by atoms with Crippen molar-refractivity contribution >= 4 is 44.8 Å². The van der Waals surface area contributed by atoms with Gasteiger partial charge < -0.3 is 0 Å². The van der Waals surface area contributed by atoms with E-state index in [1.807, 2.05) is 18.2 Å². The molecule has 2 aromatic carbocycles. The van der Waals surface area contributed by atoms with Gasteiger partial charge in [0.25, 0.3) is 0 Å². The van der Waals surface area contributed by atoms with E-state index >= 15 is 0 Å². The number of fused-ring (bicyclic) bond motifs is 1. The summed E-state index contributed by atoms with van der Waals surface area (Å²) in [5, 5.41) is 0.685. The van der Waals surface area contributed by atoms with Crippen molar-refractivity contribution in [1.82, 2.24) is 0 Å². The zero-order chi connectivity index (χ0) is 15.0. The summed E-state index contributed by atoms with van der Waals surface area (Å²) >= 11 is 11.7. The zero-order valence-corrected chi connectivity index (χ0v) is 13.2. The van der Waals surface area contributed by atoms with E-state index in [9.17, 15) is 8.42 Å². The molecule has 0 aliphatic carbocycles. The van der Waals surface area contributed by atoms with Crippen LogP contribution in [0.2, 0.25) is 10.0 Å². The first-order chi connectivity index (χ1) is 9.97. The Labute approximate surface area is 133 Å². The standard InChI is InChI=1S/C14H12Cl2N2O2S/c15-12-6-5-11(9-13(12)16)17-21(19,20)18-8-7-10-3-1-2-4-14(10)18/h1-6,9,17H,7-8H2. The summed E-state index contributed by atoms with van der Waals surface area (Å²) in [7, 11) is -3.67. The molecule has 0 atom stereocenters. The molecule has 0 saturated heterocycles. The van der Waals surface area contributed by atoms with Crippen molar-refractivity contribution in [3.8, 4) is 0 Å². The van der Waals surface area contributed by atoms with Crippen LogP contribution in [0.4, 0.5) is 11.4 Å². The first kappa shape index (κ1) is 14.5. The first-order valence-electron chi connectivity index (χ1n) is 6.31. The van der Waals surface area contributed by atoms with E-state index in [0.717, 1.165) is 5.56 Å².